The van der Waals surface area contributed by atoms with Gasteiger partial charge in [-0.3, -0.25) is 9.20 Å². The number of amides is 1. The second-order valence-electron chi connectivity index (χ2n) is 5.03. The number of nitrogens with zero attached hydrogens (tertiary/aromatic N) is 4. The summed E-state index contributed by atoms with van der Waals surface area (Å²) >= 11 is 1.46. The number of anilines is 1. The first-order valence-corrected chi connectivity index (χ1v) is 7.76. The van der Waals surface area contributed by atoms with E-state index in [9.17, 15) is 4.79 Å². The van der Waals surface area contributed by atoms with E-state index < -0.39 is 0 Å². The molecule has 3 heterocycles. The van der Waals surface area contributed by atoms with Crippen molar-refractivity contribution in [1.29, 1.82) is 0 Å². The average molecular weight is 303 g/mol. The maximum atomic E-state index is 12.5. The fourth-order valence-electron chi connectivity index (χ4n) is 2.18. The Hall–Kier alpha value is -2.15. The summed E-state index contributed by atoms with van der Waals surface area (Å²) in [4.78, 5) is 17.6. The maximum absolute atomic E-state index is 12.5. The molecule has 0 aliphatic carbocycles. The molecule has 0 saturated carbocycles. The Labute approximate surface area is 126 Å². The van der Waals surface area contributed by atoms with Crippen molar-refractivity contribution in [3.63, 3.8) is 0 Å². The number of carbonyl (C=O) groups excluding carboxylic acids is 1. The van der Waals surface area contributed by atoms with E-state index in [-0.39, 0.29) is 11.9 Å². The van der Waals surface area contributed by atoms with Crippen LogP contribution in [0.3, 0.4) is 0 Å². The molecule has 0 unspecified atom stereocenters. The van der Waals surface area contributed by atoms with Crippen LogP contribution in [0.2, 0.25) is 0 Å². The van der Waals surface area contributed by atoms with Gasteiger partial charge in [-0.05, 0) is 20.3 Å². The van der Waals surface area contributed by atoms with Crippen molar-refractivity contribution in [2.24, 2.45) is 0 Å². The predicted octanol–water partition coefficient (Wildman–Crippen LogP) is 3.12. The first-order chi connectivity index (χ1) is 10.1. The van der Waals surface area contributed by atoms with Crippen molar-refractivity contribution < 1.29 is 4.79 Å². The number of carbonyl (C=O) groups is 1. The highest BCUT2D eigenvalue weighted by Gasteiger charge is 2.16. The van der Waals surface area contributed by atoms with Gasteiger partial charge in [-0.25, -0.2) is 9.67 Å². The zero-order valence-corrected chi connectivity index (χ0v) is 13.0. The third kappa shape index (κ3) is 2.44. The SMILES string of the molecule is CC[C@H](C)n1nccc1NC(=O)c1csc2nc(C)cn12. The van der Waals surface area contributed by atoms with E-state index in [0.29, 0.717) is 11.5 Å². The molecule has 0 radical (unpaired) electrons. The summed E-state index contributed by atoms with van der Waals surface area (Å²) in [6, 6.07) is 2.06. The van der Waals surface area contributed by atoms with E-state index >= 15 is 0 Å². The lowest BCUT2D eigenvalue weighted by molar-refractivity contribution is 0.102. The smallest absolute Gasteiger partial charge is 0.274 e. The second-order valence-corrected chi connectivity index (χ2v) is 5.86. The van der Waals surface area contributed by atoms with Crippen LogP contribution >= 0.6 is 11.3 Å². The minimum Gasteiger partial charge on any atom is -0.305 e. The van der Waals surface area contributed by atoms with Crippen LogP contribution in [-0.2, 0) is 0 Å². The van der Waals surface area contributed by atoms with Gasteiger partial charge in [0, 0.05) is 17.6 Å². The standard InChI is InChI=1S/C14H17N5OS/c1-4-10(3)19-12(5-6-15-19)17-13(20)11-8-21-14-16-9(2)7-18(11)14/h5-8,10H,4H2,1-3H3,(H,17,20)/t10-/m0/s1. The summed E-state index contributed by atoms with van der Waals surface area (Å²) in [5, 5.41) is 9.02. The number of nitrogens with one attached hydrogen (secondary N) is 1. The van der Waals surface area contributed by atoms with Crippen molar-refractivity contribution in [1.82, 2.24) is 19.2 Å². The van der Waals surface area contributed by atoms with Crippen LogP contribution in [0.15, 0.2) is 23.8 Å². The van der Waals surface area contributed by atoms with Gasteiger partial charge in [-0.2, -0.15) is 5.10 Å². The quantitative estimate of drug-likeness (QED) is 0.805. The van der Waals surface area contributed by atoms with Gasteiger partial charge in [0.25, 0.3) is 5.91 Å². The molecule has 3 rings (SSSR count). The number of hydrogen-bond acceptors (Lipinski definition) is 4. The molecular weight excluding hydrogens is 286 g/mol. The molecule has 1 amide bonds. The molecule has 0 aromatic carbocycles. The van der Waals surface area contributed by atoms with Crippen molar-refractivity contribution >= 4 is 28.0 Å². The summed E-state index contributed by atoms with van der Waals surface area (Å²) in [5.41, 5.74) is 1.49. The maximum Gasteiger partial charge on any atom is 0.274 e. The second kappa shape index (κ2) is 5.33. The molecule has 3 aromatic heterocycles. The Morgan fingerprint density at radius 2 is 2.33 bits per heavy atom. The van der Waals surface area contributed by atoms with Crippen LogP contribution < -0.4 is 5.32 Å². The minimum absolute atomic E-state index is 0.149. The lowest BCUT2D eigenvalue weighted by atomic mass is 10.3. The molecule has 0 spiro atoms. The molecule has 21 heavy (non-hydrogen) atoms. The van der Waals surface area contributed by atoms with E-state index in [1.165, 1.54) is 11.3 Å². The topological polar surface area (TPSA) is 64.2 Å². The van der Waals surface area contributed by atoms with Crippen molar-refractivity contribution in [3.8, 4) is 0 Å². The molecule has 0 saturated heterocycles. The number of thiazole rings is 1. The van der Waals surface area contributed by atoms with Gasteiger partial charge in [0.05, 0.1) is 17.9 Å². The Kier molecular flexibility index (Phi) is 3.50. The van der Waals surface area contributed by atoms with Crippen LogP contribution in [0.1, 0.15) is 42.5 Å². The number of hydrogen-bond donors (Lipinski definition) is 1. The molecule has 3 aromatic rings. The number of aromatic nitrogens is 4. The molecule has 0 aliphatic heterocycles. The molecule has 110 valence electrons. The molecule has 0 aliphatic rings. The molecule has 0 bridgehead atoms. The zero-order valence-electron chi connectivity index (χ0n) is 12.2. The van der Waals surface area contributed by atoms with Crippen LogP contribution in [0.25, 0.3) is 4.96 Å². The van der Waals surface area contributed by atoms with Gasteiger partial charge in [-0.15, -0.1) is 11.3 Å². The zero-order chi connectivity index (χ0) is 15.0. The van der Waals surface area contributed by atoms with E-state index in [1.54, 1.807) is 6.20 Å². The highest BCUT2D eigenvalue weighted by molar-refractivity contribution is 7.15. The van der Waals surface area contributed by atoms with Crippen molar-refractivity contribution in [3.05, 3.63) is 35.2 Å². The third-order valence-corrected chi connectivity index (χ3v) is 4.32. The summed E-state index contributed by atoms with van der Waals surface area (Å²) in [6.45, 7) is 6.08. The van der Waals surface area contributed by atoms with E-state index in [0.717, 1.165) is 17.1 Å². The van der Waals surface area contributed by atoms with Crippen LogP contribution in [0, 0.1) is 6.92 Å². The van der Waals surface area contributed by atoms with Gasteiger partial charge in [-0.1, -0.05) is 6.92 Å². The number of aryl methyl sites for hydroxylation is 1. The van der Waals surface area contributed by atoms with E-state index in [1.807, 2.05) is 33.6 Å². The predicted molar refractivity (Wildman–Crippen MR) is 83.0 cm³/mol. The number of fused-ring (bicyclic) bond motifs is 1. The number of rotatable bonds is 4. The van der Waals surface area contributed by atoms with Gasteiger partial charge in [0.2, 0.25) is 0 Å². The Balaban J connectivity index is 1.88. The fourth-order valence-corrected chi connectivity index (χ4v) is 3.08. The van der Waals surface area contributed by atoms with Gasteiger partial charge in [0.1, 0.15) is 11.5 Å². The third-order valence-electron chi connectivity index (χ3n) is 3.48. The van der Waals surface area contributed by atoms with Crippen LogP contribution in [-0.4, -0.2) is 25.1 Å². The van der Waals surface area contributed by atoms with Gasteiger partial charge >= 0.3 is 0 Å². The highest BCUT2D eigenvalue weighted by Crippen LogP contribution is 2.20. The molecular formula is C14H17N5OS. The Morgan fingerprint density at radius 1 is 1.52 bits per heavy atom. The highest BCUT2D eigenvalue weighted by atomic mass is 32.1. The number of imidazole rings is 1. The lowest BCUT2D eigenvalue weighted by Crippen LogP contribution is -2.18. The average Bonchev–Trinajstić information content (AvgIpc) is 3.12. The van der Waals surface area contributed by atoms with Crippen LogP contribution in [0.4, 0.5) is 5.82 Å². The molecule has 6 nitrogen and oxygen atoms in total. The summed E-state index contributed by atoms with van der Waals surface area (Å²) in [7, 11) is 0. The van der Waals surface area contributed by atoms with Gasteiger partial charge in [0.15, 0.2) is 4.96 Å². The Bertz CT molecular complexity index is 784. The first kappa shape index (κ1) is 13.8. The lowest BCUT2D eigenvalue weighted by Gasteiger charge is -2.13. The Morgan fingerprint density at radius 3 is 3.10 bits per heavy atom. The summed E-state index contributed by atoms with van der Waals surface area (Å²) < 4.78 is 3.65. The molecule has 7 heteroatoms. The van der Waals surface area contributed by atoms with Crippen LogP contribution in [0.5, 0.6) is 0 Å². The van der Waals surface area contributed by atoms with E-state index in [4.69, 9.17) is 0 Å². The fraction of sp³-hybridized carbons (Fsp3) is 0.357. The molecule has 1 N–H and O–H groups in total. The van der Waals surface area contributed by atoms with E-state index in [2.05, 4.69) is 29.2 Å². The van der Waals surface area contributed by atoms with Crippen molar-refractivity contribution in [2.75, 3.05) is 5.32 Å². The molecule has 0 fully saturated rings. The monoisotopic (exact) mass is 303 g/mol. The minimum atomic E-state index is -0.149. The first-order valence-electron chi connectivity index (χ1n) is 6.88. The molecule has 1 atom stereocenters. The summed E-state index contributed by atoms with van der Waals surface area (Å²) in [6.07, 6.45) is 4.52. The normalized spacial score (nSPS) is 12.7. The van der Waals surface area contributed by atoms with Crippen molar-refractivity contribution in [2.45, 2.75) is 33.2 Å². The largest absolute Gasteiger partial charge is 0.305 e. The summed E-state index contributed by atoms with van der Waals surface area (Å²) in [5.74, 6) is 0.564. The van der Waals surface area contributed by atoms with Gasteiger partial charge < -0.3 is 5.32 Å².